The van der Waals surface area contributed by atoms with Crippen LogP contribution in [0.25, 0.3) is 22.0 Å². The van der Waals surface area contributed by atoms with Crippen molar-refractivity contribution in [3.8, 4) is 34.3 Å². The molecular weight excluding hydrogens is 406 g/mol. The molecule has 0 radical (unpaired) electrons. The molecule has 2 aromatic heterocycles. The molecule has 7 heteroatoms. The standard InChI is InChI=1S/C25H23N3O4/c1-3-24-26-5-7-28(24)12-16-9-23(30-2)25(29)19-13-27-6-4-15-8-21-22(32-14-31-21)11-18(15)20(27)10-17(16)19/h5,7-11,13H,3-4,6,12,14H2,1-2H3/p+1. The average Bonchev–Trinajstić information content (AvgIpc) is 3.47. The lowest BCUT2D eigenvalue weighted by Gasteiger charge is -2.18. The van der Waals surface area contributed by atoms with Gasteiger partial charge in [-0.3, -0.25) is 0 Å². The molecule has 0 spiro atoms. The van der Waals surface area contributed by atoms with Crippen molar-refractivity contribution in [2.45, 2.75) is 32.9 Å². The van der Waals surface area contributed by atoms with Gasteiger partial charge in [-0.05, 0) is 29.3 Å². The topological polar surface area (TPSA) is 69.6 Å². The number of phenols is 1. The van der Waals surface area contributed by atoms with Crippen molar-refractivity contribution in [1.82, 2.24) is 9.55 Å². The first-order valence-corrected chi connectivity index (χ1v) is 10.8. The Bertz CT molecular complexity index is 1380. The van der Waals surface area contributed by atoms with Crippen LogP contribution in [0.2, 0.25) is 0 Å². The van der Waals surface area contributed by atoms with Crippen LogP contribution in [0.1, 0.15) is 23.9 Å². The number of aromatic nitrogens is 3. The molecule has 0 aliphatic carbocycles. The van der Waals surface area contributed by atoms with E-state index < -0.39 is 0 Å². The van der Waals surface area contributed by atoms with Crippen molar-refractivity contribution >= 4 is 10.8 Å². The number of aromatic hydroxyl groups is 1. The number of phenolic OH excluding ortho intramolecular Hbond substituents is 1. The second-order valence-electron chi connectivity index (χ2n) is 8.20. The lowest BCUT2D eigenvalue weighted by atomic mass is 9.94. The third-order valence-electron chi connectivity index (χ3n) is 6.48. The molecule has 32 heavy (non-hydrogen) atoms. The number of pyridine rings is 1. The van der Waals surface area contributed by atoms with Gasteiger partial charge in [0.25, 0.3) is 0 Å². The number of rotatable bonds is 4. The summed E-state index contributed by atoms with van der Waals surface area (Å²) < 4.78 is 21.1. The smallest absolute Gasteiger partial charge is 0.231 e. The van der Waals surface area contributed by atoms with E-state index in [0.29, 0.717) is 12.3 Å². The highest BCUT2D eigenvalue weighted by Gasteiger charge is 2.29. The minimum Gasteiger partial charge on any atom is -0.504 e. The third kappa shape index (κ3) is 2.81. The van der Waals surface area contributed by atoms with Crippen molar-refractivity contribution in [1.29, 1.82) is 0 Å². The minimum atomic E-state index is 0.166. The molecule has 0 unspecified atom stereocenters. The molecule has 0 saturated carbocycles. The van der Waals surface area contributed by atoms with Gasteiger partial charge in [0.2, 0.25) is 12.5 Å². The third-order valence-corrected chi connectivity index (χ3v) is 6.48. The number of fused-ring (bicyclic) bond motifs is 5. The number of aryl methyl sites for hydroxylation is 3. The fourth-order valence-electron chi connectivity index (χ4n) is 4.84. The molecule has 0 atom stereocenters. The fourth-order valence-corrected chi connectivity index (χ4v) is 4.84. The first-order chi connectivity index (χ1) is 15.7. The van der Waals surface area contributed by atoms with Crippen molar-refractivity contribution in [3.63, 3.8) is 0 Å². The number of methoxy groups -OCH3 is 1. The molecule has 162 valence electrons. The first-order valence-electron chi connectivity index (χ1n) is 10.8. The van der Waals surface area contributed by atoms with Gasteiger partial charge in [0.1, 0.15) is 5.82 Å². The highest BCUT2D eigenvalue weighted by atomic mass is 16.7. The number of nitrogens with zero attached hydrogens (tertiary/aromatic N) is 3. The Hall–Kier alpha value is -3.74. The van der Waals surface area contributed by atoms with Gasteiger partial charge in [-0.2, -0.15) is 4.57 Å². The van der Waals surface area contributed by atoms with Gasteiger partial charge in [0.05, 0.1) is 18.1 Å². The predicted octanol–water partition coefficient (Wildman–Crippen LogP) is 3.60. The number of benzene rings is 2. The van der Waals surface area contributed by atoms with E-state index in [0.717, 1.165) is 64.3 Å². The Labute approximate surface area is 185 Å². The maximum atomic E-state index is 10.9. The van der Waals surface area contributed by atoms with Gasteiger partial charge < -0.3 is 23.9 Å². The molecule has 2 aliphatic heterocycles. The van der Waals surface area contributed by atoms with Crippen LogP contribution in [0.5, 0.6) is 23.0 Å². The van der Waals surface area contributed by atoms with E-state index >= 15 is 0 Å². The zero-order chi connectivity index (χ0) is 21.8. The fraction of sp³-hybridized carbons (Fsp3) is 0.280. The summed E-state index contributed by atoms with van der Waals surface area (Å²) in [7, 11) is 1.59. The monoisotopic (exact) mass is 430 g/mol. The predicted molar refractivity (Wildman–Crippen MR) is 118 cm³/mol. The van der Waals surface area contributed by atoms with E-state index in [1.54, 1.807) is 7.11 Å². The quantitative estimate of drug-likeness (QED) is 0.501. The average molecular weight is 430 g/mol. The molecule has 0 saturated heterocycles. The van der Waals surface area contributed by atoms with Crippen LogP contribution in [0, 0.1) is 0 Å². The van der Waals surface area contributed by atoms with E-state index in [2.05, 4.69) is 39.2 Å². The summed E-state index contributed by atoms with van der Waals surface area (Å²) in [6.07, 6.45) is 7.60. The molecule has 0 bridgehead atoms. The van der Waals surface area contributed by atoms with Gasteiger partial charge >= 0.3 is 0 Å². The van der Waals surface area contributed by atoms with Crippen molar-refractivity contribution < 1.29 is 23.9 Å². The van der Waals surface area contributed by atoms with Crippen LogP contribution in [-0.4, -0.2) is 28.6 Å². The van der Waals surface area contributed by atoms with Gasteiger partial charge in [0.15, 0.2) is 35.7 Å². The molecule has 0 amide bonds. The zero-order valence-electron chi connectivity index (χ0n) is 18.1. The molecule has 0 fully saturated rings. The highest BCUT2D eigenvalue weighted by molar-refractivity contribution is 5.94. The van der Waals surface area contributed by atoms with Crippen LogP contribution in [0.4, 0.5) is 0 Å². The van der Waals surface area contributed by atoms with Gasteiger partial charge in [0, 0.05) is 43.2 Å². The first kappa shape index (κ1) is 19.0. The van der Waals surface area contributed by atoms with Crippen LogP contribution in [-0.2, 0) is 25.9 Å². The molecule has 2 aromatic carbocycles. The Kier molecular flexibility index (Phi) is 4.24. The summed E-state index contributed by atoms with van der Waals surface area (Å²) >= 11 is 0. The summed E-state index contributed by atoms with van der Waals surface area (Å²) in [6.45, 7) is 3.83. The molecule has 4 aromatic rings. The summed E-state index contributed by atoms with van der Waals surface area (Å²) in [6, 6.07) is 8.27. The zero-order valence-corrected chi connectivity index (χ0v) is 18.1. The van der Waals surface area contributed by atoms with Gasteiger partial charge in [-0.15, -0.1) is 0 Å². The Morgan fingerprint density at radius 1 is 1.16 bits per heavy atom. The van der Waals surface area contributed by atoms with E-state index in [9.17, 15) is 5.11 Å². The maximum absolute atomic E-state index is 10.9. The Morgan fingerprint density at radius 2 is 2.00 bits per heavy atom. The molecule has 7 nitrogen and oxygen atoms in total. The van der Waals surface area contributed by atoms with Crippen LogP contribution in [0.3, 0.4) is 0 Å². The lowest BCUT2D eigenvalue weighted by molar-refractivity contribution is -0.686. The normalized spacial score (nSPS) is 13.8. The maximum Gasteiger partial charge on any atom is 0.231 e. The summed E-state index contributed by atoms with van der Waals surface area (Å²) in [5.74, 6) is 3.26. The molecule has 6 rings (SSSR count). The number of hydrogen-bond donors (Lipinski definition) is 1. The molecular formula is C25H24N3O4+. The van der Waals surface area contributed by atoms with Gasteiger partial charge in [-0.25, -0.2) is 4.98 Å². The lowest BCUT2D eigenvalue weighted by Crippen LogP contribution is -2.40. The van der Waals surface area contributed by atoms with E-state index in [1.165, 1.54) is 5.56 Å². The van der Waals surface area contributed by atoms with Crippen molar-refractivity contribution in [2.24, 2.45) is 0 Å². The van der Waals surface area contributed by atoms with E-state index in [-0.39, 0.29) is 12.5 Å². The Balaban J connectivity index is 1.57. The number of imidazole rings is 1. The second kappa shape index (κ2) is 7.15. The highest BCUT2D eigenvalue weighted by Crippen LogP contribution is 2.42. The Morgan fingerprint density at radius 3 is 2.81 bits per heavy atom. The number of ether oxygens (including phenoxy) is 3. The summed E-state index contributed by atoms with van der Waals surface area (Å²) in [4.78, 5) is 4.46. The van der Waals surface area contributed by atoms with Crippen molar-refractivity contribution in [3.05, 3.63) is 59.8 Å². The molecule has 2 aliphatic rings. The van der Waals surface area contributed by atoms with Crippen molar-refractivity contribution in [2.75, 3.05) is 13.9 Å². The van der Waals surface area contributed by atoms with E-state index in [1.807, 2.05) is 24.7 Å². The van der Waals surface area contributed by atoms with Crippen LogP contribution in [0.15, 0.2) is 42.9 Å². The van der Waals surface area contributed by atoms with E-state index in [4.69, 9.17) is 14.2 Å². The SMILES string of the molecule is CCc1nccn1Cc1cc(OC)c(O)c2c[n+]3c(cc12)-c1cc2c(cc1CC3)OCO2. The van der Waals surface area contributed by atoms with Crippen LogP contribution >= 0.6 is 0 Å². The largest absolute Gasteiger partial charge is 0.504 e. The minimum absolute atomic E-state index is 0.166. The summed E-state index contributed by atoms with van der Waals surface area (Å²) in [5, 5.41) is 12.7. The van der Waals surface area contributed by atoms with Crippen LogP contribution < -0.4 is 18.8 Å². The summed E-state index contributed by atoms with van der Waals surface area (Å²) in [5.41, 5.74) is 4.55. The molecule has 1 N–H and O–H groups in total. The molecule has 4 heterocycles. The second-order valence-corrected chi connectivity index (χ2v) is 8.20. The number of hydrogen-bond acceptors (Lipinski definition) is 5. The van der Waals surface area contributed by atoms with Gasteiger partial charge in [-0.1, -0.05) is 6.92 Å².